The third kappa shape index (κ3) is 7.02. The van der Waals surface area contributed by atoms with E-state index in [-0.39, 0.29) is 0 Å². The van der Waals surface area contributed by atoms with Crippen molar-refractivity contribution in [3.63, 3.8) is 0 Å². The second kappa shape index (κ2) is 15.4. The maximum atomic E-state index is 6.65. The van der Waals surface area contributed by atoms with Crippen LogP contribution in [0.1, 0.15) is 0 Å². The van der Waals surface area contributed by atoms with Crippen LogP contribution in [0.25, 0.3) is 112 Å². The third-order valence-corrected chi connectivity index (χ3v) is 10.9. The molecular formula is C55H35N5O. The lowest BCUT2D eigenvalue weighted by Crippen LogP contribution is -2.01. The van der Waals surface area contributed by atoms with E-state index in [4.69, 9.17) is 29.3 Å². The van der Waals surface area contributed by atoms with Crippen LogP contribution in [0.3, 0.4) is 0 Å². The normalized spacial score (nSPS) is 11.3. The second-order valence-electron chi connectivity index (χ2n) is 14.9. The van der Waals surface area contributed by atoms with Crippen LogP contribution in [0.2, 0.25) is 0 Å². The molecule has 0 aliphatic carbocycles. The standard InChI is InChI=1S/C55H35N5O/c1-5-16-36(17-6-1)40-24-13-27-44(32-40)53-58-54(45-28-14-25-41(33-45)37-18-7-2-8-19-37)60-55(59-53)46-29-15-26-43(34-46)49-51-50(57-52(56-49)39-22-11-4-12-23-39)47-35-42(30-31-48(47)61-51)38-20-9-3-10-21-38/h1-35H. The minimum Gasteiger partial charge on any atom is -0.452 e. The van der Waals surface area contributed by atoms with E-state index < -0.39 is 0 Å². The van der Waals surface area contributed by atoms with Crippen LogP contribution in [-0.4, -0.2) is 24.9 Å². The average molecular weight is 782 g/mol. The van der Waals surface area contributed by atoms with Gasteiger partial charge in [-0.15, -0.1) is 0 Å². The lowest BCUT2D eigenvalue weighted by Gasteiger charge is -2.11. The van der Waals surface area contributed by atoms with E-state index in [1.165, 1.54) is 0 Å². The van der Waals surface area contributed by atoms with Crippen molar-refractivity contribution in [2.24, 2.45) is 0 Å². The van der Waals surface area contributed by atoms with Gasteiger partial charge in [0, 0.05) is 33.2 Å². The first-order chi connectivity index (χ1) is 30.2. The summed E-state index contributed by atoms with van der Waals surface area (Å²) in [6, 6.07) is 72.3. The summed E-state index contributed by atoms with van der Waals surface area (Å²) >= 11 is 0. The first-order valence-corrected chi connectivity index (χ1v) is 20.2. The fourth-order valence-electron chi connectivity index (χ4n) is 7.87. The highest BCUT2D eigenvalue weighted by Crippen LogP contribution is 2.39. The summed E-state index contributed by atoms with van der Waals surface area (Å²) in [6.07, 6.45) is 0. The fraction of sp³-hybridized carbons (Fsp3) is 0. The molecule has 3 heterocycles. The maximum absolute atomic E-state index is 6.65. The minimum absolute atomic E-state index is 0.544. The first kappa shape index (κ1) is 35.8. The molecule has 6 heteroatoms. The van der Waals surface area contributed by atoms with Crippen molar-refractivity contribution in [3.05, 3.63) is 212 Å². The molecule has 8 aromatic carbocycles. The van der Waals surface area contributed by atoms with Crippen LogP contribution < -0.4 is 0 Å². The molecule has 0 aliphatic heterocycles. The number of benzene rings is 8. The largest absolute Gasteiger partial charge is 0.452 e. The van der Waals surface area contributed by atoms with Gasteiger partial charge in [0.2, 0.25) is 0 Å². The van der Waals surface area contributed by atoms with Crippen molar-refractivity contribution >= 4 is 22.1 Å². The van der Waals surface area contributed by atoms with Crippen molar-refractivity contribution in [2.75, 3.05) is 0 Å². The SMILES string of the molecule is c1ccc(-c2cccc(-c3nc(-c4cccc(-c5ccccc5)c4)nc(-c4cccc(-c5nc(-c6ccccc6)nc6c5oc5ccc(-c7ccccc7)cc56)c4)n3)c2)cc1. The van der Waals surface area contributed by atoms with E-state index >= 15 is 0 Å². The summed E-state index contributed by atoms with van der Waals surface area (Å²) < 4.78 is 6.65. The first-order valence-electron chi connectivity index (χ1n) is 20.2. The Labute approximate surface area is 352 Å². The van der Waals surface area contributed by atoms with Crippen molar-refractivity contribution in [1.82, 2.24) is 24.9 Å². The van der Waals surface area contributed by atoms with E-state index in [1.54, 1.807) is 0 Å². The van der Waals surface area contributed by atoms with Gasteiger partial charge in [0.05, 0.1) is 0 Å². The number of hydrogen-bond donors (Lipinski definition) is 0. The molecule has 61 heavy (non-hydrogen) atoms. The van der Waals surface area contributed by atoms with E-state index in [0.717, 1.165) is 77.7 Å². The zero-order valence-electron chi connectivity index (χ0n) is 32.9. The van der Waals surface area contributed by atoms with Gasteiger partial charge < -0.3 is 4.42 Å². The molecule has 0 radical (unpaired) electrons. The number of hydrogen-bond acceptors (Lipinski definition) is 6. The van der Waals surface area contributed by atoms with Crippen molar-refractivity contribution in [2.45, 2.75) is 0 Å². The molecular weight excluding hydrogens is 747 g/mol. The van der Waals surface area contributed by atoms with Gasteiger partial charge in [0.25, 0.3) is 0 Å². The Bertz CT molecular complexity index is 3250. The average Bonchev–Trinajstić information content (AvgIpc) is 3.73. The zero-order valence-corrected chi connectivity index (χ0v) is 32.9. The summed E-state index contributed by atoms with van der Waals surface area (Å²) in [5, 5.41) is 0.926. The number of aromatic nitrogens is 5. The van der Waals surface area contributed by atoms with Crippen LogP contribution in [0.4, 0.5) is 0 Å². The molecule has 0 amide bonds. The third-order valence-electron chi connectivity index (χ3n) is 10.9. The smallest absolute Gasteiger partial charge is 0.180 e. The van der Waals surface area contributed by atoms with Gasteiger partial charge in [0.1, 0.15) is 16.8 Å². The van der Waals surface area contributed by atoms with Crippen molar-refractivity contribution < 1.29 is 4.42 Å². The Hall–Kier alpha value is -8.35. The van der Waals surface area contributed by atoms with E-state index in [1.807, 2.05) is 66.7 Å². The van der Waals surface area contributed by atoms with Crippen molar-refractivity contribution in [3.8, 4) is 90.2 Å². The molecule has 0 saturated heterocycles. The van der Waals surface area contributed by atoms with Crippen molar-refractivity contribution in [1.29, 1.82) is 0 Å². The molecule has 0 spiro atoms. The lowest BCUT2D eigenvalue weighted by atomic mass is 10.0. The summed E-state index contributed by atoms with van der Waals surface area (Å²) in [6.45, 7) is 0. The molecule has 286 valence electrons. The Morgan fingerprint density at radius 2 is 0.639 bits per heavy atom. The van der Waals surface area contributed by atoms with Gasteiger partial charge in [-0.05, 0) is 63.7 Å². The van der Waals surface area contributed by atoms with Crippen LogP contribution in [0, 0.1) is 0 Å². The molecule has 6 nitrogen and oxygen atoms in total. The minimum atomic E-state index is 0.544. The fourth-order valence-corrected chi connectivity index (χ4v) is 7.87. The predicted molar refractivity (Wildman–Crippen MR) is 246 cm³/mol. The van der Waals surface area contributed by atoms with Gasteiger partial charge in [0.15, 0.2) is 28.9 Å². The summed E-state index contributed by atoms with van der Waals surface area (Å²) in [7, 11) is 0. The van der Waals surface area contributed by atoms with E-state index in [0.29, 0.717) is 34.6 Å². The van der Waals surface area contributed by atoms with E-state index in [9.17, 15) is 0 Å². The molecule has 0 aliphatic rings. The molecule has 0 saturated carbocycles. The van der Waals surface area contributed by atoms with Crippen LogP contribution in [0.5, 0.6) is 0 Å². The quantitative estimate of drug-likeness (QED) is 0.153. The van der Waals surface area contributed by atoms with Gasteiger partial charge in [-0.2, -0.15) is 0 Å². The summed E-state index contributed by atoms with van der Waals surface area (Å²) in [4.78, 5) is 25.8. The number of furan rings is 1. The van der Waals surface area contributed by atoms with Crippen LogP contribution >= 0.6 is 0 Å². The van der Waals surface area contributed by atoms with Crippen LogP contribution in [0.15, 0.2) is 217 Å². The molecule has 3 aromatic heterocycles. The number of fused-ring (bicyclic) bond motifs is 3. The topological polar surface area (TPSA) is 77.6 Å². The Morgan fingerprint density at radius 3 is 1.13 bits per heavy atom. The van der Waals surface area contributed by atoms with Gasteiger partial charge in [-0.25, -0.2) is 24.9 Å². The lowest BCUT2D eigenvalue weighted by molar-refractivity contribution is 0.667. The Morgan fingerprint density at radius 1 is 0.262 bits per heavy atom. The molecule has 11 rings (SSSR count). The maximum Gasteiger partial charge on any atom is 0.180 e. The molecule has 11 aromatic rings. The van der Waals surface area contributed by atoms with Crippen LogP contribution in [-0.2, 0) is 0 Å². The second-order valence-corrected chi connectivity index (χ2v) is 14.9. The summed E-state index contributed by atoms with van der Waals surface area (Å²) in [5.74, 6) is 2.32. The molecule has 0 N–H and O–H groups in total. The monoisotopic (exact) mass is 781 g/mol. The van der Waals surface area contributed by atoms with Gasteiger partial charge in [-0.3, -0.25) is 0 Å². The highest BCUT2D eigenvalue weighted by Gasteiger charge is 2.20. The highest BCUT2D eigenvalue weighted by atomic mass is 16.3. The molecule has 0 bridgehead atoms. The van der Waals surface area contributed by atoms with Gasteiger partial charge in [-0.1, -0.05) is 182 Å². The van der Waals surface area contributed by atoms with E-state index in [2.05, 4.69) is 146 Å². The Balaban J connectivity index is 1.08. The molecule has 0 fully saturated rings. The summed E-state index contributed by atoms with van der Waals surface area (Å²) in [5.41, 5.74) is 13.8. The van der Waals surface area contributed by atoms with Gasteiger partial charge >= 0.3 is 0 Å². The number of rotatable bonds is 8. The molecule has 0 atom stereocenters. The Kier molecular flexibility index (Phi) is 9.06. The zero-order chi connectivity index (χ0) is 40.5. The predicted octanol–water partition coefficient (Wildman–Crippen LogP) is 13.9. The molecule has 0 unspecified atom stereocenters. The number of nitrogens with zero attached hydrogens (tertiary/aromatic N) is 5. The highest BCUT2D eigenvalue weighted by molar-refractivity contribution is 6.08.